The van der Waals surface area contributed by atoms with Gasteiger partial charge in [0.05, 0.1) is 36.5 Å². The van der Waals surface area contributed by atoms with Crippen LogP contribution in [0.2, 0.25) is 0 Å². The standard InChI is InChI=1S/C17H19N7O2S.CH2O2/c1-12-2-3-14(20-19-12)22-5-4-17(9-22)10-23-15(7-26-17)21-24(16(23)25)6-13-8-27-11-18-13;2-1-3/h2-3,8,11H,4-7,9-10H2,1H3;1H,(H,2,3). The Bertz CT molecular complexity index is 1060. The van der Waals surface area contributed by atoms with E-state index in [-0.39, 0.29) is 12.2 Å². The van der Waals surface area contributed by atoms with Crippen molar-refractivity contribution in [3.63, 3.8) is 0 Å². The molecule has 0 radical (unpaired) electrons. The summed E-state index contributed by atoms with van der Waals surface area (Å²) in [6.45, 7) is 4.42. The molecule has 3 aromatic heterocycles. The maximum Gasteiger partial charge on any atom is 0.346 e. The molecule has 5 heterocycles. The van der Waals surface area contributed by atoms with Gasteiger partial charge in [-0.1, -0.05) is 0 Å². The van der Waals surface area contributed by atoms with Crippen LogP contribution in [0.4, 0.5) is 5.82 Å². The molecule has 11 nitrogen and oxygen atoms in total. The highest BCUT2D eigenvalue weighted by molar-refractivity contribution is 7.07. The number of carboxylic acid groups (broad SMARTS) is 1. The van der Waals surface area contributed by atoms with Gasteiger partial charge in [0.25, 0.3) is 6.47 Å². The highest BCUT2D eigenvalue weighted by Crippen LogP contribution is 2.33. The molecule has 12 heteroatoms. The molecule has 0 aliphatic carbocycles. The van der Waals surface area contributed by atoms with Gasteiger partial charge in [-0.3, -0.25) is 9.36 Å². The van der Waals surface area contributed by atoms with E-state index < -0.39 is 5.60 Å². The van der Waals surface area contributed by atoms with Crippen LogP contribution in [-0.4, -0.2) is 59.8 Å². The van der Waals surface area contributed by atoms with Gasteiger partial charge in [0.1, 0.15) is 12.2 Å². The molecule has 1 unspecified atom stereocenters. The van der Waals surface area contributed by atoms with Gasteiger partial charge in [0, 0.05) is 11.9 Å². The lowest BCUT2D eigenvalue weighted by molar-refractivity contribution is -0.122. The number of aryl methyl sites for hydroxylation is 1. The first kappa shape index (κ1) is 20.2. The lowest BCUT2D eigenvalue weighted by Crippen LogP contribution is -2.46. The normalized spacial score (nSPS) is 20.0. The summed E-state index contributed by atoms with van der Waals surface area (Å²) < 4.78 is 9.42. The molecule has 0 amide bonds. The van der Waals surface area contributed by atoms with Crippen molar-refractivity contribution in [3.8, 4) is 0 Å². The molecule has 30 heavy (non-hydrogen) atoms. The summed E-state index contributed by atoms with van der Waals surface area (Å²) in [5, 5.41) is 21.7. The molecule has 158 valence electrons. The molecule has 1 spiro atoms. The van der Waals surface area contributed by atoms with E-state index in [0.717, 1.165) is 30.2 Å². The monoisotopic (exact) mass is 431 g/mol. The number of fused-ring (bicyclic) bond motifs is 1. The van der Waals surface area contributed by atoms with Crippen LogP contribution in [0.25, 0.3) is 0 Å². The third kappa shape index (κ3) is 3.96. The number of hydrogen-bond donors (Lipinski definition) is 1. The minimum atomic E-state index is -0.391. The van der Waals surface area contributed by atoms with E-state index in [9.17, 15) is 4.79 Å². The lowest BCUT2D eigenvalue weighted by Gasteiger charge is -2.33. The van der Waals surface area contributed by atoms with Crippen molar-refractivity contribution in [2.24, 2.45) is 0 Å². The van der Waals surface area contributed by atoms with Crippen LogP contribution in [0.1, 0.15) is 23.6 Å². The van der Waals surface area contributed by atoms with E-state index >= 15 is 0 Å². The van der Waals surface area contributed by atoms with Gasteiger partial charge < -0.3 is 14.7 Å². The van der Waals surface area contributed by atoms with Gasteiger partial charge in [-0.2, -0.15) is 10.2 Å². The molecule has 5 rings (SSSR count). The first-order chi connectivity index (χ1) is 14.5. The number of hydrogen-bond acceptors (Lipinski definition) is 9. The Balaban J connectivity index is 0.000000687. The molecular weight excluding hydrogens is 410 g/mol. The minimum Gasteiger partial charge on any atom is -0.483 e. The summed E-state index contributed by atoms with van der Waals surface area (Å²) in [6.07, 6.45) is 0.839. The Kier molecular flexibility index (Phi) is 5.59. The summed E-state index contributed by atoms with van der Waals surface area (Å²) in [7, 11) is 0. The van der Waals surface area contributed by atoms with Crippen LogP contribution >= 0.6 is 11.3 Å². The number of carbonyl (C=O) groups is 1. The van der Waals surface area contributed by atoms with Crippen molar-refractivity contribution >= 4 is 23.6 Å². The van der Waals surface area contributed by atoms with Crippen LogP contribution < -0.4 is 10.6 Å². The maximum absolute atomic E-state index is 12.8. The van der Waals surface area contributed by atoms with Crippen molar-refractivity contribution in [2.45, 2.75) is 38.6 Å². The average Bonchev–Trinajstić information content (AvgIpc) is 3.46. The Morgan fingerprint density at radius 1 is 1.33 bits per heavy atom. The predicted octanol–water partition coefficient (Wildman–Crippen LogP) is 0.528. The Labute approximate surface area is 175 Å². The first-order valence-electron chi connectivity index (χ1n) is 9.34. The molecule has 1 fully saturated rings. The second-order valence-electron chi connectivity index (χ2n) is 7.20. The van der Waals surface area contributed by atoms with Gasteiger partial charge in [-0.25, -0.2) is 14.5 Å². The molecule has 1 atom stereocenters. The summed E-state index contributed by atoms with van der Waals surface area (Å²) in [6, 6.07) is 3.94. The highest BCUT2D eigenvalue weighted by atomic mass is 32.1. The van der Waals surface area contributed by atoms with E-state index in [0.29, 0.717) is 32.1 Å². The largest absolute Gasteiger partial charge is 0.483 e. The van der Waals surface area contributed by atoms with E-state index in [1.165, 1.54) is 16.0 Å². The van der Waals surface area contributed by atoms with Crippen molar-refractivity contribution in [1.29, 1.82) is 0 Å². The van der Waals surface area contributed by atoms with E-state index in [2.05, 4.69) is 25.2 Å². The number of aromatic nitrogens is 6. The summed E-state index contributed by atoms with van der Waals surface area (Å²) in [4.78, 5) is 27.6. The average molecular weight is 431 g/mol. The van der Waals surface area contributed by atoms with Gasteiger partial charge in [-0.05, 0) is 25.5 Å². The van der Waals surface area contributed by atoms with Crippen LogP contribution in [0.15, 0.2) is 27.8 Å². The zero-order valence-electron chi connectivity index (χ0n) is 16.3. The second kappa shape index (κ2) is 8.32. The number of thiazole rings is 1. The topological polar surface area (TPSA) is 128 Å². The van der Waals surface area contributed by atoms with E-state index in [1.807, 2.05) is 24.4 Å². The molecule has 1 N–H and O–H groups in total. The molecule has 0 aromatic carbocycles. The van der Waals surface area contributed by atoms with Gasteiger partial charge in [0.2, 0.25) is 0 Å². The maximum atomic E-state index is 12.8. The zero-order valence-corrected chi connectivity index (χ0v) is 17.2. The summed E-state index contributed by atoms with van der Waals surface area (Å²) >= 11 is 1.51. The number of ether oxygens (including phenoxy) is 1. The fraction of sp³-hybridized carbons (Fsp3) is 0.444. The number of anilines is 1. The van der Waals surface area contributed by atoms with Crippen LogP contribution in [0.5, 0.6) is 0 Å². The third-order valence-electron chi connectivity index (χ3n) is 5.17. The molecule has 2 aliphatic rings. The molecule has 3 aromatic rings. The highest BCUT2D eigenvalue weighted by Gasteiger charge is 2.44. The third-order valence-corrected chi connectivity index (χ3v) is 5.81. The van der Waals surface area contributed by atoms with E-state index in [4.69, 9.17) is 14.6 Å². The Morgan fingerprint density at radius 2 is 2.17 bits per heavy atom. The SMILES string of the molecule is Cc1ccc(N2CCC3(C2)Cn2c(nn(Cc4cscn4)c2=O)CO3)nn1.O=CO. The molecule has 1 saturated heterocycles. The first-order valence-corrected chi connectivity index (χ1v) is 10.3. The lowest BCUT2D eigenvalue weighted by atomic mass is 10.0. The Hall–Kier alpha value is -3.12. The van der Waals surface area contributed by atoms with Gasteiger partial charge in [0.15, 0.2) is 11.6 Å². The van der Waals surface area contributed by atoms with Crippen molar-refractivity contribution in [2.75, 3.05) is 18.0 Å². The number of rotatable bonds is 3. The summed E-state index contributed by atoms with van der Waals surface area (Å²) in [5.41, 5.74) is 3.01. The second-order valence-corrected chi connectivity index (χ2v) is 7.92. The van der Waals surface area contributed by atoms with Gasteiger partial charge in [-0.15, -0.1) is 16.4 Å². The smallest absolute Gasteiger partial charge is 0.346 e. The fourth-order valence-corrected chi connectivity index (χ4v) is 4.27. The van der Waals surface area contributed by atoms with Crippen molar-refractivity contribution < 1.29 is 14.6 Å². The van der Waals surface area contributed by atoms with Crippen LogP contribution in [0.3, 0.4) is 0 Å². The molecule has 0 bridgehead atoms. The fourth-order valence-electron chi connectivity index (χ4n) is 3.72. The molecule has 0 saturated carbocycles. The Morgan fingerprint density at radius 3 is 2.87 bits per heavy atom. The van der Waals surface area contributed by atoms with Crippen LogP contribution in [0, 0.1) is 6.92 Å². The van der Waals surface area contributed by atoms with Crippen LogP contribution in [-0.2, 0) is 29.2 Å². The van der Waals surface area contributed by atoms with Crippen molar-refractivity contribution in [3.05, 3.63) is 50.7 Å². The zero-order chi connectivity index (χ0) is 21.1. The summed E-state index contributed by atoms with van der Waals surface area (Å²) in [5.74, 6) is 1.52. The van der Waals surface area contributed by atoms with Gasteiger partial charge >= 0.3 is 5.69 Å². The number of nitrogens with zero attached hydrogens (tertiary/aromatic N) is 7. The minimum absolute atomic E-state index is 0.103. The molecular formula is C18H21N7O4S. The van der Waals surface area contributed by atoms with Crippen molar-refractivity contribution in [1.82, 2.24) is 29.5 Å². The predicted molar refractivity (Wildman–Crippen MR) is 108 cm³/mol. The molecule has 2 aliphatic heterocycles. The quantitative estimate of drug-likeness (QED) is 0.590. The van der Waals surface area contributed by atoms with E-state index in [1.54, 1.807) is 10.1 Å².